The Morgan fingerprint density at radius 1 is 0.950 bits per heavy atom. The average Bonchev–Trinajstić information content (AvgIpc) is 3.29. The summed E-state index contributed by atoms with van der Waals surface area (Å²) in [7, 11) is 0. The Bertz CT molecular complexity index is 1820. The van der Waals surface area contributed by atoms with Crippen LogP contribution in [0.15, 0.2) is 92.9 Å². The van der Waals surface area contributed by atoms with Gasteiger partial charge in [-0.2, -0.15) is 5.10 Å². The molecule has 0 atom stereocenters. The van der Waals surface area contributed by atoms with E-state index in [2.05, 4.69) is 47.4 Å². The molecular weight excluding hydrogens is 688 g/mol. The zero-order chi connectivity index (χ0) is 28.4. The Labute approximate surface area is 254 Å². The van der Waals surface area contributed by atoms with Crippen molar-refractivity contribution in [1.29, 1.82) is 0 Å². The summed E-state index contributed by atoms with van der Waals surface area (Å²) in [6, 6.07) is 21.0. The van der Waals surface area contributed by atoms with Crippen LogP contribution in [-0.2, 0) is 0 Å². The molecule has 40 heavy (non-hydrogen) atoms. The third kappa shape index (κ3) is 5.83. The Balaban J connectivity index is 1.46. The van der Waals surface area contributed by atoms with Crippen molar-refractivity contribution in [2.75, 3.05) is 0 Å². The van der Waals surface area contributed by atoms with Gasteiger partial charge in [-0.1, -0.05) is 69.5 Å². The summed E-state index contributed by atoms with van der Waals surface area (Å²) in [5.41, 5.74) is 4.75. The fourth-order valence-electron chi connectivity index (χ4n) is 4.05. The highest BCUT2D eigenvalue weighted by Gasteiger charge is 2.22. The van der Waals surface area contributed by atoms with Crippen molar-refractivity contribution in [3.63, 3.8) is 0 Å². The molecule has 0 aliphatic rings. The predicted molar refractivity (Wildman–Crippen MR) is 162 cm³/mol. The summed E-state index contributed by atoms with van der Waals surface area (Å²) >= 11 is 19.4. The second-order valence-corrected chi connectivity index (χ2v) is 11.0. The van der Waals surface area contributed by atoms with E-state index in [1.54, 1.807) is 66.7 Å². The number of esters is 1. The molecule has 0 fully saturated rings. The Hall–Kier alpha value is -3.50. The maximum atomic E-state index is 14.1. The summed E-state index contributed by atoms with van der Waals surface area (Å²) < 4.78 is 20.9. The zero-order valence-electron chi connectivity index (χ0n) is 20.1. The van der Waals surface area contributed by atoms with Crippen LogP contribution >= 0.6 is 55.1 Å². The topological polar surface area (TPSA) is 83.5 Å². The van der Waals surface area contributed by atoms with Crippen LogP contribution in [0.1, 0.15) is 26.4 Å². The second kappa shape index (κ2) is 11.9. The number of amides is 1. The number of rotatable bonds is 6. The SMILES string of the molecule is O=C(Oc1c(Br)cc(Br)cc1C=NNC(=O)c1[nH]c2ccc(F)cc2c1-c1ccccc1Cl)c1ccccc1Cl. The van der Waals surface area contributed by atoms with Gasteiger partial charge in [0.2, 0.25) is 0 Å². The van der Waals surface area contributed by atoms with Gasteiger partial charge in [0.25, 0.3) is 5.91 Å². The molecule has 6 nitrogen and oxygen atoms in total. The Morgan fingerprint density at radius 3 is 2.42 bits per heavy atom. The second-order valence-electron chi connectivity index (χ2n) is 8.42. The van der Waals surface area contributed by atoms with Gasteiger partial charge in [-0.3, -0.25) is 4.79 Å². The highest BCUT2D eigenvalue weighted by atomic mass is 79.9. The molecule has 0 unspecified atom stereocenters. The molecule has 1 aromatic heterocycles. The van der Waals surface area contributed by atoms with E-state index in [0.29, 0.717) is 41.6 Å². The van der Waals surface area contributed by atoms with Crippen molar-refractivity contribution in [3.05, 3.63) is 120 Å². The molecule has 0 radical (unpaired) electrons. The molecule has 4 aromatic carbocycles. The van der Waals surface area contributed by atoms with Gasteiger partial charge in [-0.05, 0) is 64.5 Å². The molecule has 0 saturated carbocycles. The lowest BCUT2D eigenvalue weighted by Crippen LogP contribution is -2.19. The lowest BCUT2D eigenvalue weighted by Gasteiger charge is -2.11. The van der Waals surface area contributed by atoms with Gasteiger partial charge in [0, 0.05) is 37.1 Å². The van der Waals surface area contributed by atoms with Crippen LogP contribution in [0.4, 0.5) is 4.39 Å². The van der Waals surface area contributed by atoms with Crippen LogP contribution in [0.25, 0.3) is 22.0 Å². The summed E-state index contributed by atoms with van der Waals surface area (Å²) in [4.78, 5) is 29.1. The molecule has 0 spiro atoms. The molecule has 1 amide bonds. The third-order valence-corrected chi connectivity index (χ3v) is 7.53. The van der Waals surface area contributed by atoms with E-state index < -0.39 is 17.7 Å². The number of halogens is 5. The first kappa shape index (κ1) is 28.0. The molecule has 5 rings (SSSR count). The number of H-pyrrole nitrogens is 1. The first-order chi connectivity index (χ1) is 19.2. The van der Waals surface area contributed by atoms with Crippen molar-refractivity contribution in [1.82, 2.24) is 10.4 Å². The van der Waals surface area contributed by atoms with E-state index in [0.717, 1.165) is 0 Å². The number of hydrazone groups is 1. The summed E-state index contributed by atoms with van der Waals surface area (Å²) in [5.74, 6) is -1.54. The van der Waals surface area contributed by atoms with E-state index in [1.807, 2.05) is 0 Å². The number of benzene rings is 4. The molecule has 0 bridgehead atoms. The van der Waals surface area contributed by atoms with Crippen LogP contribution in [-0.4, -0.2) is 23.1 Å². The number of aromatic nitrogens is 1. The van der Waals surface area contributed by atoms with Gasteiger partial charge >= 0.3 is 5.97 Å². The molecule has 1 heterocycles. The van der Waals surface area contributed by atoms with Crippen molar-refractivity contribution < 1.29 is 18.7 Å². The average molecular weight is 704 g/mol. The van der Waals surface area contributed by atoms with Crippen LogP contribution in [0.5, 0.6) is 5.75 Å². The maximum absolute atomic E-state index is 14.1. The molecule has 0 aliphatic carbocycles. The number of nitrogens with zero attached hydrogens (tertiary/aromatic N) is 1. The molecule has 2 N–H and O–H groups in total. The highest BCUT2D eigenvalue weighted by molar-refractivity contribution is 9.11. The highest BCUT2D eigenvalue weighted by Crippen LogP contribution is 2.37. The number of fused-ring (bicyclic) bond motifs is 1. The number of carbonyl (C=O) groups excluding carboxylic acids is 2. The van der Waals surface area contributed by atoms with E-state index in [-0.39, 0.29) is 22.0 Å². The molecular formula is C29H16Br2Cl2FN3O3. The Kier molecular flexibility index (Phi) is 8.37. The van der Waals surface area contributed by atoms with Gasteiger partial charge in [0.15, 0.2) is 5.75 Å². The third-order valence-electron chi connectivity index (χ3n) is 5.83. The molecule has 0 saturated heterocycles. The lowest BCUT2D eigenvalue weighted by molar-refractivity contribution is 0.0733. The van der Waals surface area contributed by atoms with Gasteiger partial charge in [-0.15, -0.1) is 0 Å². The first-order valence-corrected chi connectivity index (χ1v) is 13.9. The van der Waals surface area contributed by atoms with Crippen molar-refractivity contribution >= 4 is 84.1 Å². The number of aromatic amines is 1. The van der Waals surface area contributed by atoms with Crippen LogP contribution in [0.2, 0.25) is 10.0 Å². The quantitative estimate of drug-likeness (QED) is 0.0803. The number of carbonyl (C=O) groups is 2. The van der Waals surface area contributed by atoms with Gasteiger partial charge < -0.3 is 9.72 Å². The van der Waals surface area contributed by atoms with Crippen molar-refractivity contribution in [2.45, 2.75) is 0 Å². The maximum Gasteiger partial charge on any atom is 0.345 e. The molecule has 11 heteroatoms. The fraction of sp³-hybridized carbons (Fsp3) is 0. The van der Waals surface area contributed by atoms with Crippen LogP contribution in [0, 0.1) is 5.82 Å². The largest absolute Gasteiger partial charge is 0.421 e. The molecule has 0 aliphatic heterocycles. The number of nitrogens with one attached hydrogen (secondary N) is 2. The van der Waals surface area contributed by atoms with Gasteiger partial charge in [-0.25, -0.2) is 14.6 Å². The minimum atomic E-state index is -0.665. The number of hydrogen-bond donors (Lipinski definition) is 2. The zero-order valence-corrected chi connectivity index (χ0v) is 24.8. The van der Waals surface area contributed by atoms with E-state index >= 15 is 0 Å². The van der Waals surface area contributed by atoms with Crippen LogP contribution < -0.4 is 10.2 Å². The van der Waals surface area contributed by atoms with E-state index in [9.17, 15) is 14.0 Å². The smallest absolute Gasteiger partial charge is 0.345 e. The van der Waals surface area contributed by atoms with Gasteiger partial charge in [0.1, 0.15) is 11.5 Å². The number of hydrogen-bond acceptors (Lipinski definition) is 4. The first-order valence-electron chi connectivity index (χ1n) is 11.6. The summed E-state index contributed by atoms with van der Waals surface area (Å²) in [6.07, 6.45) is 1.33. The van der Waals surface area contributed by atoms with E-state index in [4.69, 9.17) is 27.9 Å². The normalized spacial score (nSPS) is 11.2. The predicted octanol–water partition coefficient (Wildman–Crippen LogP) is 8.79. The van der Waals surface area contributed by atoms with E-state index in [1.165, 1.54) is 18.3 Å². The van der Waals surface area contributed by atoms with Gasteiger partial charge in [0.05, 0.1) is 21.3 Å². The minimum Gasteiger partial charge on any atom is -0.421 e. The van der Waals surface area contributed by atoms with Crippen molar-refractivity contribution in [3.8, 4) is 16.9 Å². The number of ether oxygens (including phenoxy) is 1. The standard InChI is InChI=1S/C29H16Br2Cl2FN3O3/c30-16-11-15(27(21(31)12-16)40-29(39)19-6-2-4-8-23(19)33)14-35-37-28(38)26-25(18-5-1-3-7-22(18)32)20-13-17(34)9-10-24(20)36-26/h1-14,36H,(H,37,38). The fourth-order valence-corrected chi connectivity index (χ4v) is 5.84. The summed E-state index contributed by atoms with van der Waals surface area (Å²) in [6.45, 7) is 0. The van der Waals surface area contributed by atoms with Crippen LogP contribution in [0.3, 0.4) is 0 Å². The Morgan fingerprint density at radius 2 is 1.68 bits per heavy atom. The molecule has 5 aromatic rings. The molecule has 200 valence electrons. The summed E-state index contributed by atoms with van der Waals surface area (Å²) in [5, 5.41) is 5.23. The monoisotopic (exact) mass is 701 g/mol. The minimum absolute atomic E-state index is 0.145. The lowest BCUT2D eigenvalue weighted by atomic mass is 10.0. The van der Waals surface area contributed by atoms with Crippen molar-refractivity contribution in [2.24, 2.45) is 5.10 Å².